The molecule has 112 valence electrons. The minimum absolute atomic E-state index is 0.307. The molecule has 1 saturated heterocycles. The molecular formula is C17H28N2O. The molecule has 20 heavy (non-hydrogen) atoms. The Bertz CT molecular complexity index is 374. The van der Waals surface area contributed by atoms with Crippen LogP contribution in [-0.2, 0) is 11.2 Å². The van der Waals surface area contributed by atoms with Crippen molar-refractivity contribution in [3.8, 4) is 0 Å². The first-order valence-corrected chi connectivity index (χ1v) is 7.75. The van der Waals surface area contributed by atoms with Gasteiger partial charge in [0.1, 0.15) is 0 Å². The van der Waals surface area contributed by atoms with Crippen molar-refractivity contribution in [2.45, 2.75) is 19.8 Å². The Labute approximate surface area is 123 Å². The Morgan fingerprint density at radius 2 is 2.10 bits per heavy atom. The fourth-order valence-electron chi connectivity index (χ4n) is 2.98. The first kappa shape index (κ1) is 15.5. The predicted octanol–water partition coefficient (Wildman–Crippen LogP) is 2.18. The molecule has 0 amide bonds. The minimum Gasteiger partial charge on any atom is -0.381 e. The van der Waals surface area contributed by atoms with Crippen molar-refractivity contribution < 1.29 is 4.74 Å². The van der Waals surface area contributed by atoms with E-state index in [9.17, 15) is 0 Å². The number of nitrogens with zero attached hydrogens (tertiary/aromatic N) is 1. The van der Waals surface area contributed by atoms with Crippen molar-refractivity contribution in [2.75, 3.05) is 46.4 Å². The third-order valence-corrected chi connectivity index (χ3v) is 4.17. The van der Waals surface area contributed by atoms with Crippen molar-refractivity contribution in [3.05, 3.63) is 35.9 Å². The average molecular weight is 276 g/mol. The lowest BCUT2D eigenvalue weighted by Gasteiger charge is -2.32. The van der Waals surface area contributed by atoms with E-state index in [4.69, 9.17) is 4.74 Å². The molecule has 0 aromatic heterocycles. The van der Waals surface area contributed by atoms with E-state index in [1.807, 2.05) is 0 Å². The molecule has 2 rings (SSSR count). The molecule has 0 radical (unpaired) electrons. The Morgan fingerprint density at radius 1 is 1.30 bits per heavy atom. The van der Waals surface area contributed by atoms with Gasteiger partial charge in [-0.2, -0.15) is 0 Å². The first-order valence-electron chi connectivity index (χ1n) is 7.75. The van der Waals surface area contributed by atoms with Crippen LogP contribution in [0, 0.1) is 5.41 Å². The third kappa shape index (κ3) is 4.58. The van der Waals surface area contributed by atoms with Crippen LogP contribution in [-0.4, -0.2) is 51.3 Å². The molecule has 0 aliphatic carbocycles. The van der Waals surface area contributed by atoms with Gasteiger partial charge in [-0.25, -0.2) is 0 Å². The van der Waals surface area contributed by atoms with Gasteiger partial charge in [0, 0.05) is 31.7 Å². The van der Waals surface area contributed by atoms with E-state index in [1.165, 1.54) is 12.0 Å². The first-order chi connectivity index (χ1) is 9.74. The van der Waals surface area contributed by atoms with Crippen LogP contribution in [0.1, 0.15) is 18.9 Å². The summed E-state index contributed by atoms with van der Waals surface area (Å²) in [5, 5.41) is 3.50. The zero-order valence-electron chi connectivity index (χ0n) is 12.9. The van der Waals surface area contributed by atoms with Crippen LogP contribution < -0.4 is 5.32 Å². The predicted molar refractivity (Wildman–Crippen MR) is 84.1 cm³/mol. The maximum absolute atomic E-state index is 5.65. The number of nitrogens with one attached hydrogen (secondary N) is 1. The maximum Gasteiger partial charge on any atom is 0.0547 e. The van der Waals surface area contributed by atoms with Gasteiger partial charge in [0.05, 0.1) is 6.61 Å². The number of hydrogen-bond acceptors (Lipinski definition) is 3. The second kappa shape index (κ2) is 7.77. The molecule has 1 aromatic rings. The summed E-state index contributed by atoms with van der Waals surface area (Å²) in [6, 6.07) is 10.7. The summed E-state index contributed by atoms with van der Waals surface area (Å²) in [7, 11) is 2.23. The van der Waals surface area contributed by atoms with Gasteiger partial charge in [-0.15, -0.1) is 0 Å². The smallest absolute Gasteiger partial charge is 0.0547 e. The van der Waals surface area contributed by atoms with Crippen LogP contribution in [0.25, 0.3) is 0 Å². The van der Waals surface area contributed by atoms with Crippen molar-refractivity contribution in [1.82, 2.24) is 10.2 Å². The molecule has 1 aliphatic heterocycles. The lowest BCUT2D eigenvalue weighted by molar-refractivity contribution is 0.120. The van der Waals surface area contributed by atoms with E-state index in [0.29, 0.717) is 5.41 Å². The van der Waals surface area contributed by atoms with Crippen LogP contribution in [0.15, 0.2) is 30.3 Å². The summed E-state index contributed by atoms with van der Waals surface area (Å²) < 4.78 is 5.65. The van der Waals surface area contributed by atoms with E-state index in [-0.39, 0.29) is 0 Å². The van der Waals surface area contributed by atoms with Gasteiger partial charge in [0.2, 0.25) is 0 Å². The summed E-state index contributed by atoms with van der Waals surface area (Å²) in [6.45, 7) is 8.32. The fourth-order valence-corrected chi connectivity index (χ4v) is 2.98. The molecule has 1 aromatic carbocycles. The van der Waals surface area contributed by atoms with Crippen LogP contribution in [0.5, 0.6) is 0 Å². The Balaban J connectivity index is 1.81. The SMILES string of the molecule is CCNCC1(CN(C)CCc2ccccc2)CCOC1. The van der Waals surface area contributed by atoms with Crippen molar-refractivity contribution in [3.63, 3.8) is 0 Å². The van der Waals surface area contributed by atoms with Gasteiger partial charge in [-0.05, 0) is 32.0 Å². The Hall–Kier alpha value is -0.900. The van der Waals surface area contributed by atoms with Gasteiger partial charge >= 0.3 is 0 Å². The zero-order chi connectivity index (χ0) is 14.3. The molecule has 1 aliphatic rings. The highest BCUT2D eigenvalue weighted by Gasteiger charge is 2.35. The number of rotatable bonds is 8. The summed E-state index contributed by atoms with van der Waals surface area (Å²) in [5.74, 6) is 0. The quantitative estimate of drug-likeness (QED) is 0.787. The van der Waals surface area contributed by atoms with Crippen molar-refractivity contribution in [1.29, 1.82) is 0 Å². The van der Waals surface area contributed by atoms with E-state index in [1.54, 1.807) is 0 Å². The van der Waals surface area contributed by atoms with Crippen LogP contribution in [0.4, 0.5) is 0 Å². The maximum atomic E-state index is 5.65. The topological polar surface area (TPSA) is 24.5 Å². The van der Waals surface area contributed by atoms with Gasteiger partial charge < -0.3 is 15.0 Å². The number of benzene rings is 1. The number of ether oxygens (including phenoxy) is 1. The molecule has 1 N–H and O–H groups in total. The Morgan fingerprint density at radius 3 is 2.75 bits per heavy atom. The summed E-state index contributed by atoms with van der Waals surface area (Å²) in [5.41, 5.74) is 1.73. The zero-order valence-corrected chi connectivity index (χ0v) is 12.9. The number of hydrogen-bond donors (Lipinski definition) is 1. The molecule has 0 saturated carbocycles. The van der Waals surface area contributed by atoms with Crippen LogP contribution in [0.2, 0.25) is 0 Å². The van der Waals surface area contributed by atoms with Gasteiger partial charge in [0.15, 0.2) is 0 Å². The largest absolute Gasteiger partial charge is 0.381 e. The van der Waals surface area contributed by atoms with E-state index < -0.39 is 0 Å². The third-order valence-electron chi connectivity index (χ3n) is 4.17. The monoisotopic (exact) mass is 276 g/mol. The summed E-state index contributed by atoms with van der Waals surface area (Å²) in [6.07, 6.45) is 2.30. The normalized spacial score (nSPS) is 22.6. The summed E-state index contributed by atoms with van der Waals surface area (Å²) >= 11 is 0. The molecule has 0 bridgehead atoms. The molecule has 1 heterocycles. The van der Waals surface area contributed by atoms with E-state index in [0.717, 1.165) is 45.8 Å². The highest BCUT2D eigenvalue weighted by molar-refractivity contribution is 5.14. The summed E-state index contributed by atoms with van der Waals surface area (Å²) in [4.78, 5) is 2.46. The van der Waals surface area contributed by atoms with Gasteiger partial charge in [-0.3, -0.25) is 0 Å². The molecular weight excluding hydrogens is 248 g/mol. The Kier molecular flexibility index (Phi) is 6.02. The highest BCUT2D eigenvalue weighted by atomic mass is 16.5. The lowest BCUT2D eigenvalue weighted by Crippen LogP contribution is -2.44. The molecule has 1 unspecified atom stereocenters. The molecule has 1 atom stereocenters. The second-order valence-electron chi connectivity index (χ2n) is 6.06. The number of likely N-dealkylation sites (N-methyl/N-ethyl adjacent to an activating group) is 1. The van der Waals surface area contributed by atoms with Gasteiger partial charge in [-0.1, -0.05) is 37.3 Å². The highest BCUT2D eigenvalue weighted by Crippen LogP contribution is 2.28. The molecule has 3 nitrogen and oxygen atoms in total. The van der Waals surface area contributed by atoms with Crippen LogP contribution >= 0.6 is 0 Å². The van der Waals surface area contributed by atoms with Crippen molar-refractivity contribution in [2.24, 2.45) is 5.41 Å². The standard InChI is InChI=1S/C17H28N2O/c1-3-18-13-17(10-12-20-15-17)14-19(2)11-9-16-7-5-4-6-8-16/h4-8,18H,3,9-15H2,1-2H3. The van der Waals surface area contributed by atoms with Crippen molar-refractivity contribution >= 4 is 0 Å². The molecule has 1 fully saturated rings. The molecule has 0 spiro atoms. The molecule has 3 heteroatoms. The van der Waals surface area contributed by atoms with E-state index in [2.05, 4.69) is 54.5 Å². The fraction of sp³-hybridized carbons (Fsp3) is 0.647. The average Bonchev–Trinajstić information content (AvgIpc) is 2.93. The van der Waals surface area contributed by atoms with Crippen LogP contribution in [0.3, 0.4) is 0 Å². The second-order valence-corrected chi connectivity index (χ2v) is 6.06. The van der Waals surface area contributed by atoms with Gasteiger partial charge in [0.25, 0.3) is 0 Å². The minimum atomic E-state index is 0.307. The van der Waals surface area contributed by atoms with E-state index >= 15 is 0 Å². The lowest BCUT2D eigenvalue weighted by atomic mass is 9.86.